The van der Waals surface area contributed by atoms with E-state index in [1.165, 1.54) is 60.8 Å². The Kier molecular flexibility index (Phi) is 17.5. The summed E-state index contributed by atoms with van der Waals surface area (Å²) in [6.45, 7) is 26.4. The average Bonchev–Trinajstić information content (AvgIpc) is 3.41. The highest BCUT2D eigenvalue weighted by molar-refractivity contribution is 5.52. The van der Waals surface area contributed by atoms with Crippen LogP contribution in [0.4, 0.5) is 0 Å². The van der Waals surface area contributed by atoms with Gasteiger partial charge >= 0.3 is 5.69 Å². The van der Waals surface area contributed by atoms with Gasteiger partial charge in [0.05, 0.1) is 5.69 Å². The summed E-state index contributed by atoms with van der Waals surface area (Å²) < 4.78 is 9.01. The van der Waals surface area contributed by atoms with Crippen molar-refractivity contribution in [2.75, 3.05) is 0 Å². The monoisotopic (exact) mass is 1080 g/mol. The van der Waals surface area contributed by atoms with Crippen LogP contribution >= 0.6 is 0 Å². The van der Waals surface area contributed by atoms with E-state index in [-0.39, 0.29) is 33.5 Å². The summed E-state index contributed by atoms with van der Waals surface area (Å²) in [5, 5.41) is 11.5. The predicted molar refractivity (Wildman–Crippen MR) is 302 cm³/mol. The molecule has 0 N–H and O–H groups in total. The molecule has 0 fully saturated rings. The number of pyridine rings is 2. The molecule has 0 saturated carbocycles. The molecule has 408 valence electrons. The molecule has 0 amide bonds. The van der Waals surface area contributed by atoms with Crippen molar-refractivity contribution in [1.82, 2.24) is 86.7 Å². The van der Waals surface area contributed by atoms with Gasteiger partial charge in [0.15, 0.2) is 16.9 Å². The molecule has 0 bridgehead atoms. The van der Waals surface area contributed by atoms with Gasteiger partial charge in [0.25, 0.3) is 27.8 Å². The molecule has 12 aromatic heterocycles. The summed E-state index contributed by atoms with van der Waals surface area (Å²) >= 11 is 0. The van der Waals surface area contributed by atoms with Gasteiger partial charge in [-0.15, -0.1) is 5.10 Å². The zero-order valence-electron chi connectivity index (χ0n) is 46.7. The minimum atomic E-state index is -0.268. The van der Waals surface area contributed by atoms with Crippen molar-refractivity contribution in [3.8, 4) is 0 Å². The van der Waals surface area contributed by atoms with Gasteiger partial charge in [-0.1, -0.05) is 6.07 Å². The first kappa shape index (κ1) is 57.4. The zero-order valence-corrected chi connectivity index (χ0v) is 46.7. The Bertz CT molecular complexity index is 4710. The lowest BCUT2D eigenvalue weighted by atomic mass is 10.1. The Morgan fingerprint density at radius 3 is 1.80 bits per heavy atom. The highest BCUT2D eigenvalue weighted by atomic mass is 16.2. The molecule has 0 radical (unpaired) electrons. The third-order valence-electron chi connectivity index (χ3n) is 12.7. The van der Waals surface area contributed by atoms with E-state index in [2.05, 4.69) is 60.2 Å². The van der Waals surface area contributed by atoms with E-state index in [1.54, 1.807) is 59.7 Å². The number of aryl methyl sites for hydroxylation is 14. The number of rotatable bonds is 0. The quantitative estimate of drug-likeness (QED) is 0.196. The molecule has 0 saturated heterocycles. The molecule has 24 nitrogen and oxygen atoms in total. The van der Waals surface area contributed by atoms with Crippen LogP contribution < -0.4 is 33.5 Å². The fraction of sp³-hybridized carbons (Fsp3) is 0.250. The van der Waals surface area contributed by atoms with Crippen LogP contribution in [0, 0.1) is 96.9 Å². The van der Waals surface area contributed by atoms with Crippen LogP contribution in [-0.4, -0.2) is 86.7 Å². The van der Waals surface area contributed by atoms with Gasteiger partial charge in [-0.2, -0.15) is 19.7 Å². The molecule has 0 unspecified atom stereocenters. The number of aromatic nitrogens is 18. The van der Waals surface area contributed by atoms with Crippen LogP contribution in [0.5, 0.6) is 0 Å². The third kappa shape index (κ3) is 12.3. The second kappa shape index (κ2) is 24.4. The van der Waals surface area contributed by atoms with E-state index in [1.807, 2.05) is 101 Å². The molecule has 24 heteroatoms. The molecule has 0 aliphatic heterocycles. The summed E-state index contributed by atoms with van der Waals surface area (Å²) in [6.07, 6.45) is 13.7. The lowest BCUT2D eigenvalue weighted by Crippen LogP contribution is -2.20. The van der Waals surface area contributed by atoms with Gasteiger partial charge in [-0.25, -0.2) is 52.9 Å². The molecule has 12 heterocycles. The van der Waals surface area contributed by atoms with Gasteiger partial charge in [-0.3, -0.25) is 37.8 Å². The predicted octanol–water partition coefficient (Wildman–Crippen LogP) is 4.85. The summed E-state index contributed by atoms with van der Waals surface area (Å²) in [5.41, 5.74) is 14.3. The van der Waals surface area contributed by atoms with Gasteiger partial charge in [0, 0.05) is 101 Å². The SMILES string of the molecule is Cc1cc(=O)n2c(C)ncc(C)c2n1.Cc1cc(C)c2nncc(=O)n2c1C.Cc1cc(C)n2c(=O)ncnc2c1C.Cc1ccnc2nccc(=O)n12.Cc1ccnn2c(=O)ccnc12.Cc1cnc2c(C)ncc(C)n2c1=O. The molecule has 12 rings (SSSR count). The summed E-state index contributed by atoms with van der Waals surface area (Å²) in [5.74, 6) is 1.12. The molecule has 80 heavy (non-hydrogen) atoms. The van der Waals surface area contributed by atoms with E-state index in [4.69, 9.17) is 0 Å². The second-order valence-electron chi connectivity index (χ2n) is 18.7. The standard InChI is InChI=1S/4C10H11N3O.2C8H7N3O/c1-6-5-11-8(3)13-9(14)4-7(2)12-10(6)13;1-6-4-12-9-8(3)11-5-7(2)13(9)10(6)14;1-6-4-7(2)13-9(8(6)3)11-5-12-10(13)14;1-6-4-7(2)10-12-11-5-9(14)13(10)8(6)3;1-6-2-5-10-11-7(12)3-4-9-8(6)11;1-6-2-4-9-8-10-5-3-7(12)11(6)8/h4*4-5H,1-3H3;2*2-5H,1H3. The largest absolute Gasteiger partial charge is 0.355 e. The summed E-state index contributed by atoms with van der Waals surface area (Å²) in [6, 6.07) is 11.9. The van der Waals surface area contributed by atoms with E-state index in [0.29, 0.717) is 45.4 Å². The lowest BCUT2D eigenvalue weighted by molar-refractivity contribution is 0.859. The van der Waals surface area contributed by atoms with Crippen LogP contribution in [0.3, 0.4) is 0 Å². The Morgan fingerprint density at radius 1 is 0.400 bits per heavy atom. The molecule has 0 atom stereocenters. The van der Waals surface area contributed by atoms with Crippen LogP contribution in [0.15, 0.2) is 127 Å². The Balaban J connectivity index is 0.000000139. The van der Waals surface area contributed by atoms with Crippen LogP contribution in [0.25, 0.3) is 34.0 Å². The average molecular weight is 1080 g/mol. The smallest absolute Gasteiger partial charge is 0.269 e. The van der Waals surface area contributed by atoms with Gasteiger partial charge < -0.3 is 0 Å². The molecule has 0 aromatic carbocycles. The molecule has 12 aromatic rings. The number of hydrogen-bond acceptors (Lipinski definition) is 18. The normalized spacial score (nSPS) is 10.7. The Hall–Kier alpha value is -10.3. The van der Waals surface area contributed by atoms with E-state index in [0.717, 1.165) is 67.5 Å². The molecule has 0 aliphatic rings. The first-order valence-corrected chi connectivity index (χ1v) is 24.8. The molecule has 0 spiro atoms. The van der Waals surface area contributed by atoms with Crippen molar-refractivity contribution in [3.05, 3.63) is 240 Å². The number of hydrogen-bond donors (Lipinski definition) is 0. The van der Waals surface area contributed by atoms with E-state index >= 15 is 0 Å². The Morgan fingerprint density at radius 2 is 1.09 bits per heavy atom. The maximum atomic E-state index is 11.8. The lowest BCUT2D eigenvalue weighted by Gasteiger charge is -2.08. The fourth-order valence-corrected chi connectivity index (χ4v) is 8.26. The van der Waals surface area contributed by atoms with Crippen molar-refractivity contribution >= 4 is 34.0 Å². The van der Waals surface area contributed by atoms with Gasteiger partial charge in [-0.05, 0) is 143 Å². The number of fused-ring (bicyclic) bond motifs is 6. The highest BCUT2D eigenvalue weighted by Gasteiger charge is 2.10. The van der Waals surface area contributed by atoms with Crippen molar-refractivity contribution in [1.29, 1.82) is 0 Å². The first-order chi connectivity index (χ1) is 38.0. The van der Waals surface area contributed by atoms with Gasteiger partial charge in [0.1, 0.15) is 29.6 Å². The van der Waals surface area contributed by atoms with Crippen LogP contribution in [0.1, 0.15) is 78.9 Å². The van der Waals surface area contributed by atoms with E-state index < -0.39 is 0 Å². The molecule has 0 aliphatic carbocycles. The van der Waals surface area contributed by atoms with Crippen molar-refractivity contribution in [3.63, 3.8) is 0 Å². The van der Waals surface area contributed by atoms with Crippen molar-refractivity contribution in [2.45, 2.75) is 96.9 Å². The zero-order chi connectivity index (χ0) is 58.3. The molecular formula is C56H58N18O6. The minimum Gasteiger partial charge on any atom is -0.269 e. The minimum absolute atomic E-state index is 0.0157. The third-order valence-corrected chi connectivity index (χ3v) is 12.7. The van der Waals surface area contributed by atoms with Crippen molar-refractivity contribution in [2.24, 2.45) is 0 Å². The second-order valence-corrected chi connectivity index (χ2v) is 18.7. The molecular weight excluding hydrogens is 1020 g/mol. The maximum absolute atomic E-state index is 11.8. The van der Waals surface area contributed by atoms with Crippen LogP contribution in [-0.2, 0) is 0 Å². The highest BCUT2D eigenvalue weighted by Crippen LogP contribution is 2.14. The fourth-order valence-electron chi connectivity index (χ4n) is 8.26. The van der Waals surface area contributed by atoms with Gasteiger partial charge in [0.2, 0.25) is 5.78 Å². The maximum Gasteiger partial charge on any atom is 0.355 e. The summed E-state index contributed by atoms with van der Waals surface area (Å²) in [7, 11) is 0. The topological polar surface area (TPSA) is 284 Å². The van der Waals surface area contributed by atoms with Crippen molar-refractivity contribution < 1.29 is 0 Å². The summed E-state index contributed by atoms with van der Waals surface area (Å²) in [4.78, 5) is 105. The Labute approximate surface area is 455 Å². The number of nitrogens with zero attached hydrogens (tertiary/aromatic N) is 18. The first-order valence-electron chi connectivity index (χ1n) is 24.8. The van der Waals surface area contributed by atoms with Crippen LogP contribution in [0.2, 0.25) is 0 Å². The van der Waals surface area contributed by atoms with E-state index in [9.17, 15) is 28.8 Å².